The molecule has 74 valence electrons. The molecule has 1 atom stereocenters. The van der Waals surface area contributed by atoms with E-state index in [0.29, 0.717) is 0 Å². The molecule has 0 aromatic carbocycles. The van der Waals surface area contributed by atoms with Crippen molar-refractivity contribution in [1.29, 1.82) is 0 Å². The fourth-order valence-electron chi connectivity index (χ4n) is 1.20. The molecule has 0 bridgehead atoms. The predicted molar refractivity (Wildman–Crippen MR) is 39.8 cm³/mol. The molecular weight excluding hydrogens is 195 g/mol. The normalized spacial score (nSPS) is 25.5. The lowest BCUT2D eigenvalue weighted by Crippen LogP contribution is -2.52. The van der Waals surface area contributed by atoms with Crippen LogP contribution in [0.15, 0.2) is 0 Å². The van der Waals surface area contributed by atoms with Crippen LogP contribution in [0.5, 0.6) is 0 Å². The van der Waals surface area contributed by atoms with Crippen molar-refractivity contribution in [1.82, 2.24) is 0 Å². The van der Waals surface area contributed by atoms with Gasteiger partial charge >= 0.3 is 6.18 Å². The maximum absolute atomic E-state index is 12.2. The van der Waals surface area contributed by atoms with Gasteiger partial charge in [0.15, 0.2) is 0 Å². The lowest BCUT2D eigenvalue weighted by atomic mass is 9.94. The van der Waals surface area contributed by atoms with E-state index in [4.69, 9.17) is 10.8 Å². The van der Waals surface area contributed by atoms with Gasteiger partial charge in [-0.15, -0.1) is 12.4 Å². The maximum Gasteiger partial charge on any atom is 0.398 e. The molecule has 0 radical (unpaired) electrons. The van der Waals surface area contributed by atoms with E-state index in [-0.39, 0.29) is 25.2 Å². The van der Waals surface area contributed by atoms with Crippen molar-refractivity contribution >= 4 is 12.4 Å². The predicted octanol–water partition coefficient (Wildman–Crippen LogP) is 1.42. The van der Waals surface area contributed by atoms with Gasteiger partial charge in [-0.1, -0.05) is 0 Å². The Balaban J connectivity index is 0.00000121. The van der Waals surface area contributed by atoms with E-state index in [1.165, 1.54) is 0 Å². The average molecular weight is 206 g/mol. The Morgan fingerprint density at radius 1 is 1.33 bits per heavy atom. The van der Waals surface area contributed by atoms with E-state index in [9.17, 15) is 13.2 Å². The number of rotatable bonds is 1. The van der Waals surface area contributed by atoms with Crippen molar-refractivity contribution in [3.8, 4) is 0 Å². The minimum Gasteiger partial charge on any atom is -0.375 e. The zero-order chi connectivity index (χ0) is 8.91. The Labute approximate surface area is 74.3 Å². The molecule has 1 saturated carbocycles. The van der Waals surface area contributed by atoms with E-state index in [1.54, 1.807) is 0 Å². The zero-order valence-corrected chi connectivity index (χ0v) is 7.30. The first-order valence-corrected chi connectivity index (χ1v) is 3.29. The average Bonchev–Trinajstić information content (AvgIpc) is 2.31. The van der Waals surface area contributed by atoms with Gasteiger partial charge < -0.3 is 10.8 Å². The second kappa shape index (κ2) is 2.75. The van der Waals surface area contributed by atoms with Crippen LogP contribution in [0.2, 0.25) is 0 Å². The first-order chi connectivity index (χ1) is 4.71. The van der Waals surface area contributed by atoms with E-state index in [2.05, 4.69) is 0 Å². The highest BCUT2D eigenvalue weighted by atomic mass is 35.5. The van der Waals surface area contributed by atoms with Gasteiger partial charge in [0.25, 0.3) is 0 Å². The van der Waals surface area contributed by atoms with Gasteiger partial charge in [-0.3, -0.25) is 0 Å². The molecule has 1 fully saturated rings. The lowest BCUT2D eigenvalue weighted by Gasteiger charge is -2.30. The summed E-state index contributed by atoms with van der Waals surface area (Å²) in [4.78, 5) is 0. The molecule has 1 unspecified atom stereocenters. The van der Waals surface area contributed by atoms with Gasteiger partial charge in [-0.25, -0.2) is 0 Å². The summed E-state index contributed by atoms with van der Waals surface area (Å²) in [5.41, 5.74) is 0.822. The number of hydrogen-bond acceptors (Lipinski definition) is 2. The number of hydrogen-bond donors (Lipinski definition) is 2. The molecule has 0 saturated heterocycles. The Hall–Kier alpha value is -0.0000000000000000555. The molecule has 1 aliphatic carbocycles. The molecule has 0 aliphatic heterocycles. The van der Waals surface area contributed by atoms with Crippen molar-refractivity contribution in [2.45, 2.75) is 31.7 Å². The van der Waals surface area contributed by atoms with Crippen molar-refractivity contribution in [3.05, 3.63) is 0 Å². The summed E-state index contributed by atoms with van der Waals surface area (Å²) in [6, 6.07) is 0. The minimum absolute atomic E-state index is 0. The molecule has 0 aromatic rings. The van der Waals surface area contributed by atoms with Crippen molar-refractivity contribution < 1.29 is 18.3 Å². The standard InChI is InChI=1S/C6H10F3NO.ClH/c1-4(10,11)5(2-3-5)6(7,8)9;/h11H,2-3,10H2,1H3;1H. The van der Waals surface area contributed by atoms with Gasteiger partial charge in [0.2, 0.25) is 0 Å². The highest BCUT2D eigenvalue weighted by molar-refractivity contribution is 5.85. The van der Waals surface area contributed by atoms with Crippen LogP contribution >= 0.6 is 12.4 Å². The van der Waals surface area contributed by atoms with Crippen LogP contribution in [0.1, 0.15) is 19.8 Å². The topological polar surface area (TPSA) is 46.2 Å². The highest BCUT2D eigenvalue weighted by Crippen LogP contribution is 2.62. The zero-order valence-electron chi connectivity index (χ0n) is 6.48. The van der Waals surface area contributed by atoms with Crippen molar-refractivity contribution in [2.24, 2.45) is 11.1 Å². The number of nitrogens with two attached hydrogens (primary N) is 1. The van der Waals surface area contributed by atoms with E-state index in [1.807, 2.05) is 0 Å². The number of halogens is 4. The molecule has 0 amide bonds. The van der Waals surface area contributed by atoms with Gasteiger partial charge in [0, 0.05) is 0 Å². The van der Waals surface area contributed by atoms with Crippen LogP contribution in [0.4, 0.5) is 13.2 Å². The Bertz CT molecular complexity index is 155. The summed E-state index contributed by atoms with van der Waals surface area (Å²) in [5.74, 6) is 0. The smallest absolute Gasteiger partial charge is 0.375 e. The van der Waals surface area contributed by atoms with Crippen LogP contribution in [0, 0.1) is 5.41 Å². The fraction of sp³-hybridized carbons (Fsp3) is 1.00. The minimum atomic E-state index is -4.38. The van der Waals surface area contributed by atoms with Gasteiger partial charge in [-0.05, 0) is 19.8 Å². The van der Waals surface area contributed by atoms with Gasteiger partial charge in [0.1, 0.15) is 11.1 Å². The third kappa shape index (κ3) is 1.53. The third-order valence-corrected chi connectivity index (χ3v) is 2.26. The molecule has 1 aliphatic rings. The molecule has 0 spiro atoms. The largest absolute Gasteiger partial charge is 0.398 e. The summed E-state index contributed by atoms with van der Waals surface area (Å²) >= 11 is 0. The highest BCUT2D eigenvalue weighted by Gasteiger charge is 2.71. The molecule has 0 aromatic heterocycles. The van der Waals surface area contributed by atoms with E-state index >= 15 is 0 Å². The monoisotopic (exact) mass is 205 g/mol. The summed E-state index contributed by atoms with van der Waals surface area (Å²) in [5, 5.41) is 9.00. The maximum atomic E-state index is 12.2. The summed E-state index contributed by atoms with van der Waals surface area (Å²) in [6.07, 6.45) is -4.52. The molecule has 3 N–H and O–H groups in total. The van der Waals surface area contributed by atoms with Gasteiger partial charge in [-0.2, -0.15) is 13.2 Å². The van der Waals surface area contributed by atoms with Crippen LogP contribution in [-0.2, 0) is 0 Å². The molecular formula is C6H11ClF3NO. The summed E-state index contributed by atoms with van der Waals surface area (Å²) < 4.78 is 36.5. The lowest BCUT2D eigenvalue weighted by molar-refractivity contribution is -0.237. The van der Waals surface area contributed by atoms with Gasteiger partial charge in [0.05, 0.1) is 0 Å². The summed E-state index contributed by atoms with van der Waals surface area (Å²) in [7, 11) is 0. The molecule has 12 heavy (non-hydrogen) atoms. The molecule has 1 rings (SSSR count). The Kier molecular flexibility index (Phi) is 2.75. The SMILES string of the molecule is CC(N)(O)C1(C(F)(F)F)CC1.Cl. The Morgan fingerprint density at radius 2 is 1.67 bits per heavy atom. The van der Waals surface area contributed by atoms with Crippen LogP contribution in [0.3, 0.4) is 0 Å². The first-order valence-electron chi connectivity index (χ1n) is 3.29. The second-order valence-corrected chi connectivity index (χ2v) is 3.23. The third-order valence-electron chi connectivity index (χ3n) is 2.26. The van der Waals surface area contributed by atoms with E-state index in [0.717, 1.165) is 6.92 Å². The molecule has 0 heterocycles. The van der Waals surface area contributed by atoms with Crippen molar-refractivity contribution in [3.63, 3.8) is 0 Å². The quantitative estimate of drug-likeness (QED) is 0.636. The molecule has 2 nitrogen and oxygen atoms in total. The number of alkyl halides is 3. The van der Waals surface area contributed by atoms with Crippen LogP contribution in [0.25, 0.3) is 0 Å². The van der Waals surface area contributed by atoms with Crippen LogP contribution in [-0.4, -0.2) is 17.0 Å². The Morgan fingerprint density at radius 3 is 1.67 bits per heavy atom. The first kappa shape index (κ1) is 12.0. The van der Waals surface area contributed by atoms with Crippen LogP contribution < -0.4 is 5.73 Å². The van der Waals surface area contributed by atoms with E-state index < -0.39 is 17.3 Å². The van der Waals surface area contributed by atoms with Crippen molar-refractivity contribution in [2.75, 3.05) is 0 Å². The number of aliphatic hydroxyl groups is 1. The molecule has 6 heteroatoms. The summed E-state index contributed by atoms with van der Waals surface area (Å²) in [6.45, 7) is 0.994. The second-order valence-electron chi connectivity index (χ2n) is 3.23. The fourth-order valence-corrected chi connectivity index (χ4v) is 1.20.